The minimum atomic E-state index is 0.0937. The SMILES string of the molecule is OCc1cc2ccc3cccc4ccc(c1)c2c34. The molecule has 1 heteroatoms. The molecule has 0 amide bonds. The summed E-state index contributed by atoms with van der Waals surface area (Å²) in [7, 11) is 0. The molecule has 0 aliphatic rings. The Bertz CT molecular complexity index is 797. The second kappa shape index (κ2) is 3.44. The van der Waals surface area contributed by atoms with Crippen LogP contribution in [0.3, 0.4) is 0 Å². The van der Waals surface area contributed by atoms with Gasteiger partial charge in [0.25, 0.3) is 0 Å². The van der Waals surface area contributed by atoms with Crippen LogP contribution in [-0.4, -0.2) is 5.11 Å². The first-order valence-corrected chi connectivity index (χ1v) is 6.14. The molecule has 86 valence electrons. The molecule has 0 spiro atoms. The monoisotopic (exact) mass is 232 g/mol. The lowest BCUT2D eigenvalue weighted by Gasteiger charge is -2.11. The van der Waals surface area contributed by atoms with E-state index in [0.717, 1.165) is 5.56 Å². The molecule has 0 atom stereocenters. The zero-order valence-electron chi connectivity index (χ0n) is 9.85. The van der Waals surface area contributed by atoms with Crippen molar-refractivity contribution in [3.8, 4) is 0 Å². The first-order chi connectivity index (χ1) is 8.86. The summed E-state index contributed by atoms with van der Waals surface area (Å²) in [6.07, 6.45) is 0. The Kier molecular flexibility index (Phi) is 1.88. The van der Waals surface area contributed by atoms with Crippen molar-refractivity contribution < 1.29 is 5.11 Å². The van der Waals surface area contributed by atoms with Gasteiger partial charge >= 0.3 is 0 Å². The first-order valence-electron chi connectivity index (χ1n) is 6.14. The van der Waals surface area contributed by atoms with E-state index in [9.17, 15) is 5.11 Å². The first kappa shape index (κ1) is 9.86. The normalized spacial score (nSPS) is 11.8. The Balaban J connectivity index is 2.35. The smallest absolute Gasteiger partial charge is 0.0682 e. The van der Waals surface area contributed by atoms with Crippen LogP contribution in [0.4, 0.5) is 0 Å². The molecule has 1 N–H and O–H groups in total. The summed E-state index contributed by atoms with van der Waals surface area (Å²) in [6.45, 7) is 0.0937. The lowest BCUT2D eigenvalue weighted by Crippen LogP contribution is -1.87. The van der Waals surface area contributed by atoms with Crippen molar-refractivity contribution in [2.45, 2.75) is 6.61 Å². The third kappa shape index (κ3) is 1.20. The second-order valence-electron chi connectivity index (χ2n) is 4.79. The standard InChI is InChI=1S/C17H12O/c18-10-11-8-14-6-4-12-2-1-3-13-5-7-15(9-11)17(14)16(12)13/h1-9,18H,10H2. The topological polar surface area (TPSA) is 20.2 Å². The number of hydrogen-bond acceptors (Lipinski definition) is 1. The Hall–Kier alpha value is -2.12. The number of aliphatic hydroxyl groups excluding tert-OH is 1. The van der Waals surface area contributed by atoms with Crippen molar-refractivity contribution in [1.29, 1.82) is 0 Å². The van der Waals surface area contributed by atoms with E-state index in [0.29, 0.717) is 0 Å². The summed E-state index contributed by atoms with van der Waals surface area (Å²) in [5.41, 5.74) is 0.973. The molecule has 0 unspecified atom stereocenters. The fourth-order valence-corrected chi connectivity index (χ4v) is 2.91. The van der Waals surface area contributed by atoms with Gasteiger partial charge in [-0.25, -0.2) is 0 Å². The molecule has 0 aliphatic carbocycles. The van der Waals surface area contributed by atoms with Crippen molar-refractivity contribution in [2.75, 3.05) is 0 Å². The highest BCUT2D eigenvalue weighted by Gasteiger charge is 2.08. The Morgan fingerprint density at radius 1 is 0.667 bits per heavy atom. The van der Waals surface area contributed by atoms with Crippen molar-refractivity contribution >= 4 is 32.3 Å². The summed E-state index contributed by atoms with van der Waals surface area (Å²) in [5.74, 6) is 0. The van der Waals surface area contributed by atoms with E-state index in [2.05, 4.69) is 54.6 Å². The quantitative estimate of drug-likeness (QED) is 0.490. The minimum absolute atomic E-state index is 0.0937. The van der Waals surface area contributed by atoms with Crippen LogP contribution in [0.5, 0.6) is 0 Å². The third-order valence-electron chi connectivity index (χ3n) is 3.71. The van der Waals surface area contributed by atoms with E-state index >= 15 is 0 Å². The van der Waals surface area contributed by atoms with E-state index in [1.807, 2.05) is 0 Å². The van der Waals surface area contributed by atoms with Crippen LogP contribution in [0.2, 0.25) is 0 Å². The second-order valence-corrected chi connectivity index (χ2v) is 4.79. The molecular formula is C17H12O. The van der Waals surface area contributed by atoms with Crippen LogP contribution < -0.4 is 0 Å². The number of hydrogen-bond donors (Lipinski definition) is 1. The van der Waals surface area contributed by atoms with Gasteiger partial charge in [0.05, 0.1) is 6.61 Å². The van der Waals surface area contributed by atoms with Gasteiger partial charge in [-0.15, -0.1) is 0 Å². The maximum absolute atomic E-state index is 9.32. The molecule has 4 aromatic carbocycles. The maximum Gasteiger partial charge on any atom is 0.0682 e. The predicted molar refractivity (Wildman–Crippen MR) is 76.1 cm³/mol. The van der Waals surface area contributed by atoms with Gasteiger partial charge in [-0.3, -0.25) is 0 Å². The van der Waals surface area contributed by atoms with Crippen LogP contribution in [-0.2, 0) is 6.61 Å². The predicted octanol–water partition coefficient (Wildman–Crippen LogP) is 4.08. The number of rotatable bonds is 1. The lowest BCUT2D eigenvalue weighted by molar-refractivity contribution is 0.282. The average Bonchev–Trinajstić information content (AvgIpc) is 2.44. The van der Waals surface area contributed by atoms with Crippen LogP contribution in [0.25, 0.3) is 32.3 Å². The zero-order valence-corrected chi connectivity index (χ0v) is 9.85. The van der Waals surface area contributed by atoms with Gasteiger partial charge in [-0.05, 0) is 50.0 Å². The summed E-state index contributed by atoms with van der Waals surface area (Å²) in [6, 6.07) is 19.2. The third-order valence-corrected chi connectivity index (χ3v) is 3.71. The van der Waals surface area contributed by atoms with E-state index in [1.54, 1.807) is 0 Å². The van der Waals surface area contributed by atoms with Gasteiger partial charge in [-0.1, -0.05) is 42.5 Å². The van der Waals surface area contributed by atoms with Gasteiger partial charge in [0, 0.05) is 0 Å². The fourth-order valence-electron chi connectivity index (χ4n) is 2.91. The Labute approximate surface area is 105 Å². The molecule has 0 saturated carbocycles. The average molecular weight is 232 g/mol. The largest absolute Gasteiger partial charge is 0.392 e. The molecular weight excluding hydrogens is 220 g/mol. The molecule has 0 fully saturated rings. The summed E-state index contributed by atoms with van der Waals surface area (Å²) in [4.78, 5) is 0. The van der Waals surface area contributed by atoms with Crippen molar-refractivity contribution in [1.82, 2.24) is 0 Å². The van der Waals surface area contributed by atoms with Gasteiger partial charge in [0.15, 0.2) is 0 Å². The van der Waals surface area contributed by atoms with Crippen molar-refractivity contribution in [3.63, 3.8) is 0 Å². The summed E-state index contributed by atoms with van der Waals surface area (Å²) in [5, 5.41) is 16.9. The molecule has 0 heterocycles. The van der Waals surface area contributed by atoms with Crippen LogP contribution in [0.1, 0.15) is 5.56 Å². The molecule has 0 saturated heterocycles. The zero-order chi connectivity index (χ0) is 12.1. The number of benzene rings is 4. The number of aliphatic hydroxyl groups is 1. The highest BCUT2D eigenvalue weighted by atomic mass is 16.3. The van der Waals surface area contributed by atoms with Crippen molar-refractivity contribution in [3.05, 3.63) is 60.2 Å². The molecule has 0 bridgehead atoms. The van der Waals surface area contributed by atoms with Crippen LogP contribution in [0.15, 0.2) is 54.6 Å². The van der Waals surface area contributed by atoms with Crippen LogP contribution in [0, 0.1) is 0 Å². The van der Waals surface area contributed by atoms with Gasteiger partial charge in [-0.2, -0.15) is 0 Å². The highest BCUT2D eigenvalue weighted by molar-refractivity contribution is 6.23. The van der Waals surface area contributed by atoms with E-state index in [4.69, 9.17) is 0 Å². The molecule has 1 nitrogen and oxygen atoms in total. The highest BCUT2D eigenvalue weighted by Crippen LogP contribution is 2.34. The molecule has 0 aliphatic heterocycles. The molecule has 18 heavy (non-hydrogen) atoms. The van der Waals surface area contributed by atoms with E-state index in [1.165, 1.54) is 32.3 Å². The molecule has 4 aromatic rings. The molecule has 0 aromatic heterocycles. The van der Waals surface area contributed by atoms with E-state index in [-0.39, 0.29) is 6.61 Å². The lowest BCUT2D eigenvalue weighted by atomic mass is 9.93. The Morgan fingerprint density at radius 2 is 1.17 bits per heavy atom. The van der Waals surface area contributed by atoms with Crippen LogP contribution >= 0.6 is 0 Å². The Morgan fingerprint density at radius 3 is 1.72 bits per heavy atom. The maximum atomic E-state index is 9.32. The summed E-state index contributed by atoms with van der Waals surface area (Å²) >= 11 is 0. The van der Waals surface area contributed by atoms with Crippen molar-refractivity contribution in [2.24, 2.45) is 0 Å². The summed E-state index contributed by atoms with van der Waals surface area (Å²) < 4.78 is 0. The minimum Gasteiger partial charge on any atom is -0.392 e. The van der Waals surface area contributed by atoms with Gasteiger partial charge in [0.2, 0.25) is 0 Å². The molecule has 0 radical (unpaired) electrons. The van der Waals surface area contributed by atoms with Gasteiger partial charge in [0.1, 0.15) is 0 Å². The molecule has 4 rings (SSSR count). The van der Waals surface area contributed by atoms with E-state index < -0.39 is 0 Å². The fraction of sp³-hybridized carbons (Fsp3) is 0.0588. The van der Waals surface area contributed by atoms with Gasteiger partial charge < -0.3 is 5.11 Å².